The summed E-state index contributed by atoms with van der Waals surface area (Å²) in [6.45, 7) is 0.635. The Balaban J connectivity index is 2.49. The van der Waals surface area contributed by atoms with E-state index in [4.69, 9.17) is 4.74 Å². The Hall–Kier alpha value is -2.33. The number of carbonyl (C=O) groups is 2. The molecule has 2 N–H and O–H groups in total. The highest BCUT2D eigenvalue weighted by atomic mass is 19.3. The number of amides is 1. The summed E-state index contributed by atoms with van der Waals surface area (Å²) in [4.78, 5) is 25.5. The first-order valence-electron chi connectivity index (χ1n) is 8.02. The summed E-state index contributed by atoms with van der Waals surface area (Å²) in [6.07, 6.45) is -1.83. The van der Waals surface area contributed by atoms with E-state index < -0.39 is 47.2 Å². The molecule has 1 aliphatic heterocycles. The van der Waals surface area contributed by atoms with E-state index in [9.17, 15) is 33.0 Å². The molecule has 1 aliphatic rings. The molecular weight excluding hydrogens is 371 g/mol. The molecule has 0 bridgehead atoms. The van der Waals surface area contributed by atoms with E-state index in [2.05, 4.69) is 4.74 Å². The predicted octanol–water partition coefficient (Wildman–Crippen LogP) is 2.02. The zero-order valence-corrected chi connectivity index (χ0v) is 14.9. The molecule has 0 spiro atoms. The van der Waals surface area contributed by atoms with Gasteiger partial charge in [-0.1, -0.05) is 20.8 Å². The topological polar surface area (TPSA) is 96.3 Å². The SMILES string of the molecule is CC(C)(C)[C@](O)(C(=O)O)[C@H]1OCCN(c2cc(F)ccc2OC(F)F)C1=O. The van der Waals surface area contributed by atoms with Crippen LogP contribution in [-0.4, -0.2) is 53.6 Å². The van der Waals surface area contributed by atoms with Gasteiger partial charge in [0.05, 0.1) is 12.3 Å². The fraction of sp³-hybridized carbons (Fsp3) is 0.529. The molecule has 0 aliphatic carbocycles. The minimum absolute atomic E-state index is 0.168. The number of ether oxygens (including phenoxy) is 2. The van der Waals surface area contributed by atoms with Crippen molar-refractivity contribution in [2.45, 2.75) is 39.1 Å². The fourth-order valence-electron chi connectivity index (χ4n) is 2.85. The molecule has 0 aromatic heterocycles. The zero-order valence-electron chi connectivity index (χ0n) is 14.9. The van der Waals surface area contributed by atoms with Gasteiger partial charge < -0.3 is 24.6 Å². The Morgan fingerprint density at radius 2 is 2.00 bits per heavy atom. The van der Waals surface area contributed by atoms with Gasteiger partial charge in [-0.05, 0) is 12.1 Å². The van der Waals surface area contributed by atoms with Gasteiger partial charge >= 0.3 is 12.6 Å². The third kappa shape index (κ3) is 3.86. The second-order valence-corrected chi connectivity index (χ2v) is 7.05. The number of hydrogen-bond donors (Lipinski definition) is 2. The van der Waals surface area contributed by atoms with Crippen LogP contribution < -0.4 is 9.64 Å². The van der Waals surface area contributed by atoms with E-state index >= 15 is 0 Å². The first-order valence-corrected chi connectivity index (χ1v) is 8.02. The largest absolute Gasteiger partial charge is 0.479 e. The lowest BCUT2D eigenvalue weighted by atomic mass is 9.72. The van der Waals surface area contributed by atoms with Crippen LogP contribution in [0.5, 0.6) is 5.75 Å². The van der Waals surface area contributed by atoms with Gasteiger partial charge in [0.2, 0.25) is 5.60 Å². The highest BCUT2D eigenvalue weighted by molar-refractivity contribution is 6.02. The Labute approximate surface area is 153 Å². The Kier molecular flexibility index (Phi) is 5.71. The smallest absolute Gasteiger partial charge is 0.387 e. The molecule has 27 heavy (non-hydrogen) atoms. The van der Waals surface area contributed by atoms with Gasteiger partial charge in [-0.3, -0.25) is 4.79 Å². The number of aliphatic carboxylic acids is 1. The maximum absolute atomic E-state index is 13.7. The molecule has 1 saturated heterocycles. The molecule has 1 amide bonds. The van der Waals surface area contributed by atoms with Crippen molar-refractivity contribution in [1.29, 1.82) is 0 Å². The van der Waals surface area contributed by atoms with Crippen LogP contribution in [0.4, 0.5) is 18.9 Å². The summed E-state index contributed by atoms with van der Waals surface area (Å²) < 4.78 is 48.5. The Morgan fingerprint density at radius 1 is 1.37 bits per heavy atom. The Bertz CT molecular complexity index is 736. The van der Waals surface area contributed by atoms with E-state index in [0.29, 0.717) is 0 Å². The van der Waals surface area contributed by atoms with Crippen LogP contribution in [0, 0.1) is 11.2 Å². The Morgan fingerprint density at radius 3 is 2.52 bits per heavy atom. The third-order valence-corrected chi connectivity index (χ3v) is 4.37. The number of carboxylic acid groups (broad SMARTS) is 1. The van der Waals surface area contributed by atoms with Crippen molar-refractivity contribution in [3.63, 3.8) is 0 Å². The molecule has 2 atom stereocenters. The van der Waals surface area contributed by atoms with Gasteiger partial charge in [-0.2, -0.15) is 8.78 Å². The highest BCUT2D eigenvalue weighted by Gasteiger charge is 2.59. The van der Waals surface area contributed by atoms with Gasteiger partial charge in [-0.25, -0.2) is 9.18 Å². The average Bonchev–Trinajstić information content (AvgIpc) is 2.54. The number of halogens is 3. The molecule has 0 saturated carbocycles. The van der Waals surface area contributed by atoms with Gasteiger partial charge in [0.25, 0.3) is 5.91 Å². The van der Waals surface area contributed by atoms with E-state index in [-0.39, 0.29) is 18.8 Å². The van der Waals surface area contributed by atoms with E-state index in [1.807, 2.05) is 0 Å². The summed E-state index contributed by atoms with van der Waals surface area (Å²) in [6, 6.07) is 2.63. The zero-order chi connectivity index (χ0) is 20.6. The lowest BCUT2D eigenvalue weighted by Crippen LogP contribution is -2.66. The molecule has 7 nitrogen and oxygen atoms in total. The minimum Gasteiger partial charge on any atom is -0.479 e. The first-order chi connectivity index (χ1) is 12.4. The average molecular weight is 391 g/mol. The number of hydrogen-bond acceptors (Lipinski definition) is 5. The van der Waals surface area contributed by atoms with Gasteiger partial charge in [0, 0.05) is 18.0 Å². The van der Waals surface area contributed by atoms with E-state index in [0.717, 1.165) is 23.1 Å². The lowest BCUT2D eigenvalue weighted by Gasteiger charge is -2.44. The molecule has 150 valence electrons. The summed E-state index contributed by atoms with van der Waals surface area (Å²) in [7, 11) is 0. The van der Waals surface area contributed by atoms with Gasteiger partial charge in [-0.15, -0.1) is 0 Å². The quantitative estimate of drug-likeness (QED) is 0.797. The molecule has 2 rings (SSSR count). The molecule has 1 aromatic rings. The van der Waals surface area contributed by atoms with Gasteiger partial charge in [0.15, 0.2) is 6.10 Å². The normalized spacial score (nSPS) is 20.5. The summed E-state index contributed by atoms with van der Waals surface area (Å²) in [5, 5.41) is 20.3. The molecular formula is C17H20F3NO6. The predicted molar refractivity (Wildman–Crippen MR) is 87.2 cm³/mol. The van der Waals surface area contributed by atoms with Crippen LogP contribution >= 0.6 is 0 Å². The second-order valence-electron chi connectivity index (χ2n) is 7.05. The van der Waals surface area contributed by atoms with Crippen LogP contribution in [0.25, 0.3) is 0 Å². The summed E-state index contributed by atoms with van der Waals surface area (Å²) in [5.74, 6) is -3.97. The van der Waals surface area contributed by atoms with Crippen LogP contribution in [0.2, 0.25) is 0 Å². The minimum atomic E-state index is -3.22. The number of carbonyl (C=O) groups excluding carboxylic acids is 1. The molecule has 10 heteroatoms. The van der Waals surface area contributed by atoms with Gasteiger partial charge in [0.1, 0.15) is 11.6 Å². The summed E-state index contributed by atoms with van der Waals surface area (Å²) >= 11 is 0. The molecule has 1 fully saturated rings. The molecule has 0 radical (unpaired) electrons. The molecule has 1 heterocycles. The van der Waals surface area contributed by atoms with E-state index in [1.54, 1.807) is 0 Å². The van der Waals surface area contributed by atoms with E-state index in [1.165, 1.54) is 20.8 Å². The maximum Gasteiger partial charge on any atom is 0.387 e. The van der Waals surface area contributed by atoms with Crippen molar-refractivity contribution in [1.82, 2.24) is 0 Å². The number of aliphatic hydroxyl groups is 1. The molecule has 1 aromatic carbocycles. The maximum atomic E-state index is 13.7. The second kappa shape index (κ2) is 7.35. The van der Waals surface area contributed by atoms with Crippen LogP contribution in [0.1, 0.15) is 20.8 Å². The van der Waals surface area contributed by atoms with Crippen molar-refractivity contribution in [2.75, 3.05) is 18.1 Å². The van der Waals surface area contributed by atoms with Crippen molar-refractivity contribution >= 4 is 17.6 Å². The molecule has 0 unspecified atom stereocenters. The highest BCUT2D eigenvalue weighted by Crippen LogP contribution is 2.39. The van der Waals surface area contributed by atoms with Crippen molar-refractivity contribution in [3.8, 4) is 5.75 Å². The van der Waals surface area contributed by atoms with Crippen LogP contribution in [0.15, 0.2) is 18.2 Å². The third-order valence-electron chi connectivity index (χ3n) is 4.37. The standard InChI is InChI=1S/C17H20F3NO6/c1-16(2,3)17(25,14(23)24)12-13(22)21(6-7-26-12)10-8-9(18)4-5-11(10)27-15(19)20/h4-5,8,12,15,25H,6-7H2,1-3H3,(H,23,24)/t12-,17+/m0/s1. The first kappa shape index (κ1) is 21.0. The number of morpholine rings is 1. The number of anilines is 1. The number of alkyl halides is 2. The monoisotopic (exact) mass is 391 g/mol. The van der Waals surface area contributed by atoms with Crippen molar-refractivity contribution in [3.05, 3.63) is 24.0 Å². The number of carboxylic acids is 1. The fourth-order valence-corrected chi connectivity index (χ4v) is 2.85. The van der Waals surface area contributed by atoms with Crippen LogP contribution in [-0.2, 0) is 14.3 Å². The van der Waals surface area contributed by atoms with Crippen molar-refractivity contribution in [2.24, 2.45) is 5.41 Å². The number of benzene rings is 1. The van der Waals surface area contributed by atoms with Crippen LogP contribution in [0.3, 0.4) is 0 Å². The van der Waals surface area contributed by atoms with Crippen molar-refractivity contribution < 1.29 is 42.4 Å². The number of rotatable bonds is 5. The lowest BCUT2D eigenvalue weighted by molar-refractivity contribution is -0.203. The number of nitrogens with zero attached hydrogens (tertiary/aromatic N) is 1. The summed E-state index contributed by atoms with van der Waals surface area (Å²) in [5.41, 5.74) is -4.23.